The minimum absolute atomic E-state index is 0.143. The predicted octanol–water partition coefficient (Wildman–Crippen LogP) is 5.45. The average molecular weight is 419 g/mol. The van der Waals surface area contributed by atoms with Crippen LogP contribution in [0.4, 0.5) is 5.13 Å². The normalized spacial score (nSPS) is 14.4. The molecule has 3 aromatic heterocycles. The lowest BCUT2D eigenvalue weighted by Gasteiger charge is -2.11. The summed E-state index contributed by atoms with van der Waals surface area (Å²) >= 11 is 3.13. The number of carbonyl (C=O) groups excluding carboxylic acids is 1. The van der Waals surface area contributed by atoms with Crippen LogP contribution in [0.25, 0.3) is 22.6 Å². The van der Waals surface area contributed by atoms with Crippen molar-refractivity contribution in [2.45, 2.75) is 26.2 Å². The van der Waals surface area contributed by atoms with E-state index in [-0.39, 0.29) is 5.91 Å². The number of amides is 1. The molecule has 5 rings (SSSR count). The lowest BCUT2D eigenvalue weighted by molar-refractivity contribution is 0.102. The van der Waals surface area contributed by atoms with Gasteiger partial charge < -0.3 is 0 Å². The van der Waals surface area contributed by atoms with Crippen LogP contribution in [-0.4, -0.2) is 21.1 Å². The van der Waals surface area contributed by atoms with Gasteiger partial charge in [-0.3, -0.25) is 10.1 Å². The van der Waals surface area contributed by atoms with Crippen LogP contribution >= 0.6 is 22.7 Å². The minimum Gasteiger partial charge on any atom is -0.296 e. The van der Waals surface area contributed by atoms with E-state index in [1.165, 1.54) is 21.8 Å². The second-order valence-corrected chi connectivity index (χ2v) is 8.87. The Hall–Kier alpha value is -2.90. The third-order valence-corrected chi connectivity index (χ3v) is 6.82. The van der Waals surface area contributed by atoms with Crippen molar-refractivity contribution in [3.63, 3.8) is 0 Å². The number of carbonyl (C=O) groups is 1. The highest BCUT2D eigenvalue weighted by Crippen LogP contribution is 2.38. The van der Waals surface area contributed by atoms with E-state index in [1.54, 1.807) is 11.3 Å². The summed E-state index contributed by atoms with van der Waals surface area (Å²) in [6.45, 7) is 2.02. The molecule has 144 valence electrons. The molecule has 0 atom stereocenters. The molecule has 29 heavy (non-hydrogen) atoms. The molecule has 0 spiro atoms. The number of nitrogens with zero attached hydrogens (tertiary/aromatic N) is 3. The number of rotatable bonds is 4. The third kappa shape index (κ3) is 3.36. The fourth-order valence-electron chi connectivity index (χ4n) is 3.69. The Balaban J connectivity index is 1.62. The van der Waals surface area contributed by atoms with Gasteiger partial charge in [0.1, 0.15) is 5.01 Å². The minimum atomic E-state index is -0.143. The van der Waals surface area contributed by atoms with Crippen molar-refractivity contribution in [2.24, 2.45) is 0 Å². The first-order chi connectivity index (χ1) is 14.2. The van der Waals surface area contributed by atoms with E-state index < -0.39 is 0 Å². The predicted molar refractivity (Wildman–Crippen MR) is 119 cm³/mol. The zero-order valence-electron chi connectivity index (χ0n) is 15.8. The molecule has 0 unspecified atom stereocenters. The number of fused-ring (bicyclic) bond motifs is 2. The van der Waals surface area contributed by atoms with Gasteiger partial charge in [0.25, 0.3) is 5.91 Å². The fraction of sp³-hybridized carbons (Fsp3) is 0.182. The van der Waals surface area contributed by atoms with Gasteiger partial charge in [-0.25, -0.2) is 4.98 Å². The molecule has 4 aromatic rings. The highest BCUT2D eigenvalue weighted by Gasteiger charge is 2.27. The van der Waals surface area contributed by atoms with Crippen LogP contribution in [0.5, 0.6) is 0 Å². The zero-order chi connectivity index (χ0) is 19.8. The standard InChI is InChI=1S/C22H18N4OS2/c1-2-18-25-26-22(29-18)24-21(27)19-15-7-3-4-8-17(15)23-20-13(9-10-16(19)20)12-14-6-5-11-28-14/h3-8,11-12H,2,9-10H2,1H3,(H,24,26,27)/b13-12-. The van der Waals surface area contributed by atoms with Gasteiger partial charge in [0.2, 0.25) is 5.13 Å². The molecule has 0 radical (unpaired) electrons. The molecule has 1 aliphatic rings. The monoisotopic (exact) mass is 418 g/mol. The topological polar surface area (TPSA) is 67.8 Å². The van der Waals surface area contributed by atoms with Crippen LogP contribution < -0.4 is 5.32 Å². The molecule has 0 fully saturated rings. The SMILES string of the molecule is CCc1nnc(NC(=O)c2c3c(nc4ccccc24)/C(=C\c2cccs2)CC3)s1. The average Bonchev–Trinajstić information content (AvgIpc) is 3.48. The number of hydrogen-bond donors (Lipinski definition) is 1. The largest absolute Gasteiger partial charge is 0.296 e. The Bertz CT molecular complexity index is 1240. The number of thiophene rings is 1. The molecule has 1 N–H and O–H groups in total. The Morgan fingerprint density at radius 1 is 1.17 bits per heavy atom. The number of hydrogen-bond acceptors (Lipinski definition) is 6. The molecule has 0 aliphatic heterocycles. The number of aromatic nitrogens is 3. The summed E-state index contributed by atoms with van der Waals surface area (Å²) in [4.78, 5) is 19.4. The van der Waals surface area contributed by atoms with E-state index in [0.29, 0.717) is 10.7 Å². The van der Waals surface area contributed by atoms with Crippen molar-refractivity contribution in [2.75, 3.05) is 5.32 Å². The number of pyridine rings is 1. The van der Waals surface area contributed by atoms with Gasteiger partial charge in [-0.15, -0.1) is 21.5 Å². The lowest BCUT2D eigenvalue weighted by Crippen LogP contribution is -2.15. The number of para-hydroxylation sites is 1. The molecular formula is C22H18N4OS2. The zero-order valence-corrected chi connectivity index (χ0v) is 17.4. The Morgan fingerprint density at radius 2 is 2.07 bits per heavy atom. The number of aryl methyl sites for hydroxylation is 1. The van der Waals surface area contributed by atoms with Crippen molar-refractivity contribution in [1.29, 1.82) is 0 Å². The molecule has 1 aliphatic carbocycles. The Kier molecular flexibility index (Phi) is 4.69. The summed E-state index contributed by atoms with van der Waals surface area (Å²) in [6, 6.07) is 12.0. The smallest absolute Gasteiger partial charge is 0.258 e. The summed E-state index contributed by atoms with van der Waals surface area (Å²) < 4.78 is 0. The quantitative estimate of drug-likeness (QED) is 0.478. The number of anilines is 1. The molecule has 7 heteroatoms. The van der Waals surface area contributed by atoms with Crippen LogP contribution in [-0.2, 0) is 12.8 Å². The summed E-state index contributed by atoms with van der Waals surface area (Å²) in [5.41, 5.74) is 4.68. The molecule has 0 bridgehead atoms. The van der Waals surface area contributed by atoms with Crippen molar-refractivity contribution in [1.82, 2.24) is 15.2 Å². The number of nitrogens with one attached hydrogen (secondary N) is 1. The maximum atomic E-state index is 13.3. The molecule has 0 saturated carbocycles. The van der Waals surface area contributed by atoms with E-state index in [1.807, 2.05) is 37.3 Å². The Morgan fingerprint density at radius 3 is 2.86 bits per heavy atom. The second-order valence-electron chi connectivity index (χ2n) is 6.82. The highest BCUT2D eigenvalue weighted by atomic mass is 32.1. The summed E-state index contributed by atoms with van der Waals surface area (Å²) in [7, 11) is 0. The molecular weight excluding hydrogens is 400 g/mol. The summed E-state index contributed by atoms with van der Waals surface area (Å²) in [5.74, 6) is -0.143. The van der Waals surface area contributed by atoms with Crippen molar-refractivity contribution in [3.8, 4) is 0 Å². The van der Waals surface area contributed by atoms with Crippen LogP contribution in [0, 0.1) is 0 Å². The van der Waals surface area contributed by atoms with Crippen molar-refractivity contribution < 1.29 is 4.79 Å². The van der Waals surface area contributed by atoms with E-state index >= 15 is 0 Å². The highest BCUT2D eigenvalue weighted by molar-refractivity contribution is 7.15. The van der Waals surface area contributed by atoms with E-state index in [0.717, 1.165) is 46.4 Å². The van der Waals surface area contributed by atoms with Crippen LogP contribution in [0.15, 0.2) is 41.8 Å². The van der Waals surface area contributed by atoms with Gasteiger partial charge in [-0.2, -0.15) is 0 Å². The van der Waals surface area contributed by atoms with E-state index in [4.69, 9.17) is 4.98 Å². The fourth-order valence-corrected chi connectivity index (χ4v) is 5.05. The number of allylic oxidation sites excluding steroid dienone is 1. The van der Waals surface area contributed by atoms with E-state index in [9.17, 15) is 4.79 Å². The first kappa shape index (κ1) is 18.1. The van der Waals surface area contributed by atoms with Gasteiger partial charge in [-0.1, -0.05) is 42.5 Å². The molecule has 1 amide bonds. The van der Waals surface area contributed by atoms with E-state index in [2.05, 4.69) is 33.0 Å². The Labute approximate surface area is 176 Å². The van der Waals surface area contributed by atoms with Gasteiger partial charge in [0.05, 0.1) is 16.8 Å². The first-order valence-electron chi connectivity index (χ1n) is 9.52. The lowest BCUT2D eigenvalue weighted by atomic mass is 10.00. The van der Waals surface area contributed by atoms with Crippen molar-refractivity contribution in [3.05, 3.63) is 68.5 Å². The molecule has 5 nitrogen and oxygen atoms in total. The van der Waals surface area contributed by atoms with Crippen LogP contribution in [0.1, 0.15) is 44.8 Å². The first-order valence-corrected chi connectivity index (χ1v) is 11.2. The maximum absolute atomic E-state index is 13.3. The van der Waals surface area contributed by atoms with Crippen LogP contribution in [0.3, 0.4) is 0 Å². The summed E-state index contributed by atoms with van der Waals surface area (Å²) in [6.07, 6.45) is 4.69. The van der Waals surface area contributed by atoms with Gasteiger partial charge >= 0.3 is 0 Å². The summed E-state index contributed by atoms with van der Waals surface area (Å²) in [5, 5.41) is 15.6. The van der Waals surface area contributed by atoms with Crippen LogP contribution in [0.2, 0.25) is 0 Å². The van der Waals surface area contributed by atoms with Gasteiger partial charge in [0.15, 0.2) is 0 Å². The number of benzene rings is 1. The molecule has 1 aromatic carbocycles. The molecule has 3 heterocycles. The third-order valence-electron chi connectivity index (χ3n) is 5.02. The van der Waals surface area contributed by atoms with Gasteiger partial charge in [-0.05, 0) is 54.0 Å². The van der Waals surface area contributed by atoms with Crippen molar-refractivity contribution >= 4 is 56.3 Å². The second kappa shape index (κ2) is 7.50. The maximum Gasteiger partial charge on any atom is 0.258 e. The van der Waals surface area contributed by atoms with Gasteiger partial charge in [0, 0.05) is 10.3 Å². The molecule has 0 saturated heterocycles.